The van der Waals surface area contributed by atoms with Crippen LogP contribution in [0.5, 0.6) is 0 Å². The number of allylic oxidation sites excluding steroid dienone is 1. The number of aromatic nitrogens is 3. The summed E-state index contributed by atoms with van der Waals surface area (Å²) in [5, 5.41) is 10.4. The Morgan fingerprint density at radius 2 is 2.04 bits per heavy atom. The van der Waals surface area contributed by atoms with Crippen molar-refractivity contribution in [3.05, 3.63) is 41.9 Å². The Morgan fingerprint density at radius 3 is 2.74 bits per heavy atom. The summed E-state index contributed by atoms with van der Waals surface area (Å²) in [6.07, 6.45) is 1.59. The maximum Gasteiger partial charge on any atom is 0.230 e. The molecule has 1 aromatic carbocycles. The van der Waals surface area contributed by atoms with Crippen molar-refractivity contribution < 1.29 is 4.42 Å². The number of anilines is 2. The molecule has 23 heavy (non-hydrogen) atoms. The van der Waals surface area contributed by atoms with Crippen LogP contribution in [0, 0.1) is 11.3 Å². The number of furan rings is 1. The van der Waals surface area contributed by atoms with Gasteiger partial charge in [0, 0.05) is 25.6 Å². The van der Waals surface area contributed by atoms with Crippen molar-refractivity contribution >= 4 is 34.5 Å². The minimum absolute atomic E-state index is 0.0597. The summed E-state index contributed by atoms with van der Waals surface area (Å²) < 4.78 is 5.69. The lowest BCUT2D eigenvalue weighted by Gasteiger charge is -2.10. The molecule has 0 saturated carbocycles. The quantitative estimate of drug-likeness (QED) is 0.740. The lowest BCUT2D eigenvalue weighted by Crippen LogP contribution is -2.15. The van der Waals surface area contributed by atoms with Crippen LogP contribution in [-0.2, 0) is 0 Å². The highest BCUT2D eigenvalue weighted by molar-refractivity contribution is 5.89. The van der Waals surface area contributed by atoms with Crippen molar-refractivity contribution in [1.29, 1.82) is 5.26 Å². The summed E-state index contributed by atoms with van der Waals surface area (Å²) in [7, 11) is 3.57. The van der Waals surface area contributed by atoms with E-state index in [-0.39, 0.29) is 17.3 Å². The molecule has 0 bridgehead atoms. The van der Waals surface area contributed by atoms with E-state index in [0.717, 1.165) is 11.0 Å². The average molecular weight is 306 g/mol. The Labute approximate surface area is 132 Å². The number of hydrogen-bond donors (Lipinski definition) is 1. The SMILES string of the molecule is CN(C)c1nc(N)nc(C(C#N)=Cc2cc3ccccc3o2)n1. The van der Waals surface area contributed by atoms with E-state index in [1.807, 2.05) is 30.3 Å². The minimum Gasteiger partial charge on any atom is -0.457 e. The van der Waals surface area contributed by atoms with Crippen LogP contribution in [0.3, 0.4) is 0 Å². The van der Waals surface area contributed by atoms with Crippen molar-refractivity contribution in [3.63, 3.8) is 0 Å². The highest BCUT2D eigenvalue weighted by Crippen LogP contribution is 2.23. The number of rotatable bonds is 3. The lowest BCUT2D eigenvalue weighted by atomic mass is 10.2. The van der Waals surface area contributed by atoms with Gasteiger partial charge in [0.25, 0.3) is 0 Å². The van der Waals surface area contributed by atoms with Gasteiger partial charge in [-0.05, 0) is 12.1 Å². The van der Waals surface area contributed by atoms with Gasteiger partial charge in [-0.1, -0.05) is 18.2 Å². The predicted molar refractivity (Wildman–Crippen MR) is 88.3 cm³/mol. The van der Waals surface area contributed by atoms with Crippen molar-refractivity contribution in [2.24, 2.45) is 0 Å². The third kappa shape index (κ3) is 2.96. The summed E-state index contributed by atoms with van der Waals surface area (Å²) in [4.78, 5) is 14.0. The molecule has 0 spiro atoms. The molecule has 0 aliphatic carbocycles. The summed E-state index contributed by atoms with van der Waals surface area (Å²) in [5.41, 5.74) is 6.70. The van der Waals surface area contributed by atoms with Gasteiger partial charge in [0.2, 0.25) is 11.9 Å². The van der Waals surface area contributed by atoms with Gasteiger partial charge in [-0.15, -0.1) is 0 Å². The first-order chi connectivity index (χ1) is 11.1. The van der Waals surface area contributed by atoms with E-state index in [1.54, 1.807) is 25.1 Å². The number of nitrogen functional groups attached to an aromatic ring is 1. The number of nitrogens with two attached hydrogens (primary N) is 1. The van der Waals surface area contributed by atoms with E-state index < -0.39 is 0 Å². The third-order valence-electron chi connectivity index (χ3n) is 3.13. The van der Waals surface area contributed by atoms with E-state index >= 15 is 0 Å². The average Bonchev–Trinajstić information content (AvgIpc) is 2.94. The molecule has 0 aliphatic rings. The second-order valence-electron chi connectivity index (χ2n) is 5.07. The van der Waals surface area contributed by atoms with Crippen LogP contribution in [0.4, 0.5) is 11.9 Å². The van der Waals surface area contributed by atoms with Crippen LogP contribution >= 0.6 is 0 Å². The molecular formula is C16H14N6O. The fraction of sp³-hybridized carbons (Fsp3) is 0.125. The van der Waals surface area contributed by atoms with Gasteiger partial charge in [-0.25, -0.2) is 0 Å². The summed E-state index contributed by atoms with van der Waals surface area (Å²) in [6.45, 7) is 0. The Hall–Kier alpha value is -3.40. The van der Waals surface area contributed by atoms with E-state index in [4.69, 9.17) is 10.2 Å². The first-order valence-electron chi connectivity index (χ1n) is 6.86. The number of para-hydroxylation sites is 1. The van der Waals surface area contributed by atoms with Gasteiger partial charge in [-0.2, -0.15) is 20.2 Å². The highest BCUT2D eigenvalue weighted by Gasteiger charge is 2.12. The molecular weight excluding hydrogens is 292 g/mol. The minimum atomic E-state index is 0.0597. The normalized spacial score (nSPS) is 11.4. The standard InChI is InChI=1S/C16H14N6O/c1-22(2)16-20-14(19-15(18)21-16)11(9-17)8-12-7-10-5-3-4-6-13(10)23-12/h3-8H,1-2H3,(H2,18,19,20,21). The Kier molecular flexibility index (Phi) is 3.65. The number of benzene rings is 1. The smallest absolute Gasteiger partial charge is 0.230 e. The van der Waals surface area contributed by atoms with Gasteiger partial charge in [0.15, 0.2) is 5.82 Å². The summed E-state index contributed by atoms with van der Waals surface area (Å²) in [5.74, 6) is 1.21. The zero-order valence-corrected chi connectivity index (χ0v) is 12.7. The van der Waals surface area contributed by atoms with Gasteiger partial charge < -0.3 is 15.1 Å². The fourth-order valence-corrected chi connectivity index (χ4v) is 2.06. The van der Waals surface area contributed by atoms with Crippen LogP contribution in [0.15, 0.2) is 34.7 Å². The van der Waals surface area contributed by atoms with E-state index in [2.05, 4.69) is 21.0 Å². The molecule has 0 aliphatic heterocycles. The van der Waals surface area contributed by atoms with Crippen LogP contribution in [0.2, 0.25) is 0 Å². The molecule has 7 nitrogen and oxygen atoms in total. The number of nitriles is 1. The molecule has 2 heterocycles. The maximum atomic E-state index is 9.42. The molecule has 0 fully saturated rings. The van der Waals surface area contributed by atoms with Crippen LogP contribution < -0.4 is 10.6 Å². The molecule has 0 amide bonds. The fourth-order valence-electron chi connectivity index (χ4n) is 2.06. The van der Waals surface area contributed by atoms with Gasteiger partial charge in [-0.3, -0.25) is 0 Å². The highest BCUT2D eigenvalue weighted by atomic mass is 16.3. The van der Waals surface area contributed by atoms with Crippen molar-refractivity contribution in [3.8, 4) is 6.07 Å². The zero-order chi connectivity index (χ0) is 16.4. The molecule has 3 rings (SSSR count). The van der Waals surface area contributed by atoms with Crippen molar-refractivity contribution in [2.45, 2.75) is 0 Å². The van der Waals surface area contributed by atoms with E-state index in [0.29, 0.717) is 11.7 Å². The number of fused-ring (bicyclic) bond motifs is 1. The molecule has 2 aromatic heterocycles. The van der Waals surface area contributed by atoms with Crippen LogP contribution in [-0.4, -0.2) is 29.0 Å². The van der Waals surface area contributed by atoms with Gasteiger partial charge in [0.05, 0.1) is 0 Å². The molecule has 2 N–H and O–H groups in total. The topological polar surface area (TPSA) is 105 Å². The van der Waals surface area contributed by atoms with Crippen LogP contribution in [0.1, 0.15) is 11.6 Å². The Bertz CT molecular complexity index is 902. The monoisotopic (exact) mass is 306 g/mol. The van der Waals surface area contributed by atoms with Gasteiger partial charge >= 0.3 is 0 Å². The Balaban J connectivity index is 2.07. The van der Waals surface area contributed by atoms with Gasteiger partial charge in [0.1, 0.15) is 23.0 Å². The molecule has 3 aromatic rings. The number of hydrogen-bond acceptors (Lipinski definition) is 7. The number of nitrogens with zero attached hydrogens (tertiary/aromatic N) is 5. The summed E-state index contributed by atoms with van der Waals surface area (Å²) in [6, 6.07) is 11.5. The second kappa shape index (κ2) is 5.77. The maximum absolute atomic E-state index is 9.42. The lowest BCUT2D eigenvalue weighted by molar-refractivity contribution is 0.604. The summed E-state index contributed by atoms with van der Waals surface area (Å²) >= 11 is 0. The van der Waals surface area contributed by atoms with E-state index in [1.165, 1.54) is 0 Å². The largest absolute Gasteiger partial charge is 0.457 e. The molecule has 0 atom stereocenters. The first-order valence-corrected chi connectivity index (χ1v) is 6.86. The first kappa shape index (κ1) is 14.5. The third-order valence-corrected chi connectivity index (χ3v) is 3.13. The van der Waals surface area contributed by atoms with Crippen molar-refractivity contribution in [2.75, 3.05) is 24.7 Å². The zero-order valence-electron chi connectivity index (χ0n) is 12.7. The molecule has 114 valence electrons. The second-order valence-corrected chi connectivity index (χ2v) is 5.07. The molecule has 0 saturated heterocycles. The molecule has 0 radical (unpaired) electrons. The predicted octanol–water partition coefficient (Wildman–Crippen LogP) is 2.33. The molecule has 7 heteroatoms. The van der Waals surface area contributed by atoms with E-state index in [9.17, 15) is 5.26 Å². The van der Waals surface area contributed by atoms with Crippen LogP contribution in [0.25, 0.3) is 22.6 Å². The molecule has 0 unspecified atom stereocenters. The Morgan fingerprint density at radius 1 is 1.26 bits per heavy atom. The van der Waals surface area contributed by atoms with Crippen molar-refractivity contribution in [1.82, 2.24) is 15.0 Å².